The molecule has 0 radical (unpaired) electrons. The van der Waals surface area contributed by atoms with Crippen molar-refractivity contribution in [2.24, 2.45) is 11.5 Å². The second kappa shape index (κ2) is 3.98. The molecule has 0 bridgehead atoms. The summed E-state index contributed by atoms with van der Waals surface area (Å²) >= 11 is 0. The van der Waals surface area contributed by atoms with Crippen LogP contribution in [0, 0.1) is 0 Å². The highest BCUT2D eigenvalue weighted by atomic mass is 19.4. The van der Waals surface area contributed by atoms with Crippen molar-refractivity contribution in [3.05, 3.63) is 34.9 Å². The molecule has 0 amide bonds. The van der Waals surface area contributed by atoms with Crippen molar-refractivity contribution in [2.45, 2.75) is 19.3 Å². The van der Waals surface area contributed by atoms with Crippen LogP contribution >= 0.6 is 0 Å². The standard InChI is InChI=1S/C9H11F3N2/c10-9(11,12)8-3-6(4-13)1-2-7(8)5-14/h1-3H,4-5,13-14H2. The Labute approximate surface area is 79.7 Å². The minimum Gasteiger partial charge on any atom is -0.326 e. The van der Waals surface area contributed by atoms with Gasteiger partial charge in [0.1, 0.15) is 0 Å². The van der Waals surface area contributed by atoms with E-state index in [1.807, 2.05) is 0 Å². The molecule has 0 fully saturated rings. The van der Waals surface area contributed by atoms with Gasteiger partial charge in [0.2, 0.25) is 0 Å². The lowest BCUT2D eigenvalue weighted by molar-refractivity contribution is -0.138. The van der Waals surface area contributed by atoms with Crippen LogP contribution < -0.4 is 11.5 Å². The molecule has 0 atom stereocenters. The van der Waals surface area contributed by atoms with Crippen LogP contribution in [0.4, 0.5) is 13.2 Å². The number of benzene rings is 1. The Bertz CT molecular complexity index is 320. The summed E-state index contributed by atoms with van der Waals surface area (Å²) in [6.07, 6.45) is -4.36. The number of rotatable bonds is 2. The topological polar surface area (TPSA) is 52.0 Å². The quantitative estimate of drug-likeness (QED) is 0.769. The minimum atomic E-state index is -4.36. The van der Waals surface area contributed by atoms with Crippen LogP contribution in [0.1, 0.15) is 16.7 Å². The molecular formula is C9H11F3N2. The first-order valence-electron chi connectivity index (χ1n) is 4.08. The molecule has 14 heavy (non-hydrogen) atoms. The fourth-order valence-corrected chi connectivity index (χ4v) is 1.19. The zero-order valence-electron chi connectivity index (χ0n) is 7.43. The molecule has 0 aliphatic heterocycles. The number of hydrogen-bond donors (Lipinski definition) is 2. The molecule has 1 rings (SSSR count). The minimum absolute atomic E-state index is 0.0912. The van der Waals surface area contributed by atoms with Crippen molar-refractivity contribution >= 4 is 0 Å². The molecule has 0 aromatic heterocycles. The summed E-state index contributed by atoms with van der Waals surface area (Å²) in [5.41, 5.74) is 10.3. The zero-order chi connectivity index (χ0) is 10.8. The van der Waals surface area contributed by atoms with E-state index in [1.54, 1.807) is 6.07 Å². The molecule has 0 saturated heterocycles. The van der Waals surface area contributed by atoms with Gasteiger partial charge in [0, 0.05) is 13.1 Å². The van der Waals surface area contributed by atoms with Crippen LogP contribution in [-0.2, 0) is 19.3 Å². The van der Waals surface area contributed by atoms with E-state index in [-0.39, 0.29) is 18.7 Å². The summed E-state index contributed by atoms with van der Waals surface area (Å²) in [5.74, 6) is 0. The monoisotopic (exact) mass is 204 g/mol. The number of nitrogens with two attached hydrogens (primary N) is 2. The molecule has 0 aliphatic rings. The maximum absolute atomic E-state index is 12.5. The molecule has 78 valence electrons. The van der Waals surface area contributed by atoms with Crippen LogP contribution in [0.5, 0.6) is 0 Å². The summed E-state index contributed by atoms with van der Waals surface area (Å²) in [4.78, 5) is 0. The van der Waals surface area contributed by atoms with Gasteiger partial charge in [-0.15, -0.1) is 0 Å². The Kier molecular flexibility index (Phi) is 3.13. The maximum Gasteiger partial charge on any atom is 0.416 e. The van der Waals surface area contributed by atoms with Crippen LogP contribution in [0.15, 0.2) is 18.2 Å². The first-order chi connectivity index (χ1) is 6.49. The number of alkyl halides is 3. The van der Waals surface area contributed by atoms with Crippen molar-refractivity contribution in [1.29, 1.82) is 0 Å². The average molecular weight is 204 g/mol. The van der Waals surface area contributed by atoms with Gasteiger partial charge in [-0.2, -0.15) is 13.2 Å². The Morgan fingerprint density at radius 1 is 1.07 bits per heavy atom. The van der Waals surface area contributed by atoms with Gasteiger partial charge in [-0.3, -0.25) is 0 Å². The molecule has 0 saturated carbocycles. The van der Waals surface area contributed by atoms with Crippen molar-refractivity contribution in [3.8, 4) is 0 Å². The molecule has 1 aromatic rings. The normalized spacial score (nSPS) is 11.8. The van der Waals surface area contributed by atoms with Gasteiger partial charge in [0.15, 0.2) is 0 Å². The van der Waals surface area contributed by atoms with E-state index in [0.29, 0.717) is 5.56 Å². The van der Waals surface area contributed by atoms with Crippen LogP contribution in [0.3, 0.4) is 0 Å². The third-order valence-corrected chi connectivity index (χ3v) is 1.94. The first kappa shape index (κ1) is 11.0. The summed E-state index contributed by atoms with van der Waals surface area (Å²) < 4.78 is 37.4. The highest BCUT2D eigenvalue weighted by Gasteiger charge is 2.32. The lowest BCUT2D eigenvalue weighted by Crippen LogP contribution is -2.13. The molecule has 0 unspecified atom stereocenters. The SMILES string of the molecule is NCc1ccc(CN)c(C(F)(F)F)c1. The highest BCUT2D eigenvalue weighted by Crippen LogP contribution is 2.32. The van der Waals surface area contributed by atoms with Crippen molar-refractivity contribution < 1.29 is 13.2 Å². The van der Waals surface area contributed by atoms with Crippen LogP contribution in [-0.4, -0.2) is 0 Å². The summed E-state index contributed by atoms with van der Waals surface area (Å²) in [6, 6.07) is 3.96. The second-order valence-electron chi connectivity index (χ2n) is 2.90. The number of hydrogen-bond acceptors (Lipinski definition) is 2. The fourth-order valence-electron chi connectivity index (χ4n) is 1.19. The first-order valence-corrected chi connectivity index (χ1v) is 4.08. The molecular weight excluding hydrogens is 193 g/mol. The lowest BCUT2D eigenvalue weighted by Gasteiger charge is -2.12. The summed E-state index contributed by atoms with van der Waals surface area (Å²) in [6.45, 7) is -0.0341. The van der Waals surface area contributed by atoms with Gasteiger partial charge in [-0.05, 0) is 17.2 Å². The summed E-state index contributed by atoms with van der Waals surface area (Å²) in [5, 5.41) is 0. The Balaban J connectivity index is 3.22. The van der Waals surface area contributed by atoms with Gasteiger partial charge < -0.3 is 11.5 Å². The zero-order valence-corrected chi connectivity index (χ0v) is 7.43. The maximum atomic E-state index is 12.5. The van der Waals surface area contributed by atoms with E-state index >= 15 is 0 Å². The average Bonchev–Trinajstić information content (AvgIpc) is 2.15. The van der Waals surface area contributed by atoms with Gasteiger partial charge >= 0.3 is 6.18 Å². The molecule has 4 N–H and O–H groups in total. The second-order valence-corrected chi connectivity index (χ2v) is 2.90. The van der Waals surface area contributed by atoms with Gasteiger partial charge in [0.05, 0.1) is 5.56 Å². The van der Waals surface area contributed by atoms with E-state index < -0.39 is 11.7 Å². The third kappa shape index (κ3) is 2.24. The third-order valence-electron chi connectivity index (χ3n) is 1.94. The molecule has 0 heterocycles. The molecule has 2 nitrogen and oxygen atoms in total. The molecule has 5 heteroatoms. The lowest BCUT2D eigenvalue weighted by atomic mass is 10.0. The van der Waals surface area contributed by atoms with E-state index in [9.17, 15) is 13.2 Å². The van der Waals surface area contributed by atoms with Gasteiger partial charge in [-0.1, -0.05) is 12.1 Å². The Morgan fingerprint density at radius 2 is 1.71 bits per heavy atom. The van der Waals surface area contributed by atoms with E-state index in [0.717, 1.165) is 6.07 Å². The van der Waals surface area contributed by atoms with E-state index in [1.165, 1.54) is 6.07 Å². The van der Waals surface area contributed by atoms with Crippen molar-refractivity contribution in [1.82, 2.24) is 0 Å². The van der Waals surface area contributed by atoms with Crippen molar-refractivity contribution in [2.75, 3.05) is 0 Å². The van der Waals surface area contributed by atoms with E-state index in [4.69, 9.17) is 11.5 Å². The van der Waals surface area contributed by atoms with Crippen molar-refractivity contribution in [3.63, 3.8) is 0 Å². The molecule has 1 aromatic carbocycles. The smallest absolute Gasteiger partial charge is 0.326 e. The largest absolute Gasteiger partial charge is 0.416 e. The van der Waals surface area contributed by atoms with E-state index in [2.05, 4.69) is 0 Å². The highest BCUT2D eigenvalue weighted by molar-refractivity contribution is 5.34. The van der Waals surface area contributed by atoms with Gasteiger partial charge in [0.25, 0.3) is 0 Å². The summed E-state index contributed by atoms with van der Waals surface area (Å²) in [7, 11) is 0. The predicted octanol–water partition coefficient (Wildman–Crippen LogP) is 1.62. The predicted molar refractivity (Wildman–Crippen MR) is 47.2 cm³/mol. The molecule has 0 aliphatic carbocycles. The Hall–Kier alpha value is -1.07. The van der Waals surface area contributed by atoms with Crippen LogP contribution in [0.2, 0.25) is 0 Å². The molecule has 0 spiro atoms. The Morgan fingerprint density at radius 3 is 2.14 bits per heavy atom. The van der Waals surface area contributed by atoms with Crippen LogP contribution in [0.25, 0.3) is 0 Å². The number of halogens is 3. The fraction of sp³-hybridized carbons (Fsp3) is 0.333. The van der Waals surface area contributed by atoms with Gasteiger partial charge in [-0.25, -0.2) is 0 Å².